The number of fused-ring (bicyclic) bond motifs is 2. The smallest absolute Gasteiger partial charge is 0.325 e. The molecule has 4 aromatic heterocycles. The van der Waals surface area contributed by atoms with Crippen molar-refractivity contribution < 1.29 is 33.6 Å². The van der Waals surface area contributed by atoms with Crippen molar-refractivity contribution in [3.63, 3.8) is 0 Å². The molecule has 2 aliphatic rings. The third kappa shape index (κ3) is 4.98. The standard InChI is InChI=1S/C21H26N9O8PS/c22-16-10-1-2-29(17(10)25-7-24-16)14-4-11(32)13(37-14)6-35-39(34,40)38-12-3-9(5-31)36-20(12)30-8-26-15-18(30)27-21(23)28-19(15)33/h1-2,7-9,11-14,20,31-32H,3-6H2,(H,34,40)(H2,22,24,25)(H3,23,27,28,33)/t9?,11-,12+,13?,14+,20+,39?/m0/s1. The summed E-state index contributed by atoms with van der Waals surface area (Å²) >= 11 is 5.25. The van der Waals surface area contributed by atoms with Crippen LogP contribution in [-0.2, 0) is 30.3 Å². The Kier molecular flexibility index (Phi) is 7.06. The molecule has 0 radical (unpaired) electrons. The van der Waals surface area contributed by atoms with Crippen LogP contribution in [0.1, 0.15) is 25.3 Å². The molecule has 0 spiro atoms. The molecule has 17 nitrogen and oxygen atoms in total. The number of nitrogens with zero attached hydrogens (tertiary/aromatic N) is 6. The minimum absolute atomic E-state index is 0.0234. The van der Waals surface area contributed by atoms with Gasteiger partial charge in [0.1, 0.15) is 36.2 Å². The van der Waals surface area contributed by atoms with Gasteiger partial charge in [0, 0.05) is 19.0 Å². The number of rotatable bonds is 8. The number of hydrogen-bond acceptors (Lipinski definition) is 14. The SMILES string of the molecule is Nc1nc2c(ncn2[C@@H]2OC(CO)C[C@H]2OP(O)(=S)OCC2O[C@@H](n3ccc4c(N)ncnc43)C[C@@H]2O)c(=O)[nH]1. The molecule has 0 aliphatic carbocycles. The highest BCUT2D eigenvalue weighted by Crippen LogP contribution is 2.50. The molecule has 7 atom stereocenters. The number of nitrogens with one attached hydrogen (secondary N) is 1. The summed E-state index contributed by atoms with van der Waals surface area (Å²) in [6.45, 7) is -4.50. The number of aromatic nitrogens is 7. The van der Waals surface area contributed by atoms with E-state index in [9.17, 15) is 19.9 Å². The van der Waals surface area contributed by atoms with Crippen molar-refractivity contribution in [2.24, 2.45) is 0 Å². The number of nitrogens with two attached hydrogens (primary N) is 2. The van der Waals surface area contributed by atoms with E-state index in [0.29, 0.717) is 16.9 Å². The van der Waals surface area contributed by atoms with Crippen molar-refractivity contribution in [1.82, 2.24) is 34.1 Å². The summed E-state index contributed by atoms with van der Waals surface area (Å²) in [4.78, 5) is 41.9. The molecule has 3 unspecified atom stereocenters. The molecule has 6 heterocycles. The van der Waals surface area contributed by atoms with Gasteiger partial charge in [0.05, 0.1) is 37.1 Å². The zero-order valence-electron chi connectivity index (χ0n) is 20.7. The van der Waals surface area contributed by atoms with Crippen LogP contribution < -0.4 is 17.0 Å². The lowest BCUT2D eigenvalue weighted by Gasteiger charge is -2.25. The highest BCUT2D eigenvalue weighted by Gasteiger charge is 2.42. The maximum absolute atomic E-state index is 12.2. The zero-order chi connectivity index (χ0) is 28.2. The lowest BCUT2D eigenvalue weighted by atomic mass is 10.2. The highest BCUT2D eigenvalue weighted by atomic mass is 32.5. The molecule has 0 bridgehead atoms. The van der Waals surface area contributed by atoms with Gasteiger partial charge in [-0.3, -0.25) is 14.3 Å². The number of ether oxygens (including phenoxy) is 2. The van der Waals surface area contributed by atoms with Crippen LogP contribution >= 0.6 is 6.72 Å². The van der Waals surface area contributed by atoms with Crippen LogP contribution in [0.5, 0.6) is 0 Å². The summed E-state index contributed by atoms with van der Waals surface area (Å²) in [7, 11) is 0. The number of aliphatic hydroxyl groups is 2. The van der Waals surface area contributed by atoms with E-state index in [1.807, 2.05) is 0 Å². The molecule has 2 saturated heterocycles. The average molecular weight is 596 g/mol. The van der Waals surface area contributed by atoms with Gasteiger partial charge in [-0.05, 0) is 17.9 Å². The number of anilines is 2. The summed E-state index contributed by atoms with van der Waals surface area (Å²) < 4.78 is 26.4. The number of aliphatic hydroxyl groups excluding tert-OH is 2. The number of aromatic amines is 1. The minimum Gasteiger partial charge on any atom is -0.394 e. The first kappa shape index (κ1) is 27.1. The molecule has 6 rings (SSSR count). The fourth-order valence-corrected chi connectivity index (χ4v) is 6.37. The number of hydrogen-bond donors (Lipinski definition) is 6. The molecular formula is C21H26N9O8PS. The van der Waals surface area contributed by atoms with Crippen LogP contribution in [0.3, 0.4) is 0 Å². The predicted octanol–water partition coefficient (Wildman–Crippen LogP) is -0.724. The van der Waals surface area contributed by atoms with Crippen molar-refractivity contribution >= 4 is 52.5 Å². The quantitative estimate of drug-likeness (QED) is 0.138. The van der Waals surface area contributed by atoms with E-state index in [-0.39, 0.29) is 43.2 Å². The van der Waals surface area contributed by atoms with E-state index in [0.717, 1.165) is 0 Å². The number of H-pyrrole nitrogens is 1. The van der Waals surface area contributed by atoms with Gasteiger partial charge in [0.15, 0.2) is 17.4 Å². The van der Waals surface area contributed by atoms with Crippen LogP contribution in [-0.4, -0.2) is 86.8 Å². The summed E-state index contributed by atoms with van der Waals surface area (Å²) in [5.41, 5.74) is 11.8. The van der Waals surface area contributed by atoms with E-state index < -0.39 is 49.1 Å². The molecule has 214 valence electrons. The first-order chi connectivity index (χ1) is 19.1. The molecule has 19 heteroatoms. The molecule has 2 aliphatic heterocycles. The maximum atomic E-state index is 12.2. The second-order valence-corrected chi connectivity index (χ2v) is 12.2. The summed E-state index contributed by atoms with van der Waals surface area (Å²) in [6.07, 6.45) is -0.0351. The van der Waals surface area contributed by atoms with Crippen molar-refractivity contribution in [2.45, 2.75) is 49.7 Å². The lowest BCUT2D eigenvalue weighted by Crippen LogP contribution is -2.27. The van der Waals surface area contributed by atoms with Gasteiger partial charge in [-0.15, -0.1) is 0 Å². The molecule has 4 aromatic rings. The minimum atomic E-state index is -3.91. The Morgan fingerprint density at radius 2 is 2.02 bits per heavy atom. The highest BCUT2D eigenvalue weighted by molar-refractivity contribution is 8.07. The first-order valence-corrected chi connectivity index (χ1v) is 14.8. The average Bonchev–Trinajstić information content (AvgIpc) is 3.68. The maximum Gasteiger partial charge on any atom is 0.325 e. The lowest BCUT2D eigenvalue weighted by molar-refractivity contribution is -0.0543. The van der Waals surface area contributed by atoms with Crippen molar-refractivity contribution in [3.8, 4) is 0 Å². The van der Waals surface area contributed by atoms with Gasteiger partial charge >= 0.3 is 6.72 Å². The Bertz CT molecular complexity index is 1660. The molecule has 2 fully saturated rings. The van der Waals surface area contributed by atoms with Gasteiger partial charge in [-0.1, -0.05) is 0 Å². The fourth-order valence-electron chi connectivity index (χ4n) is 4.93. The summed E-state index contributed by atoms with van der Waals surface area (Å²) in [6, 6.07) is 1.76. The largest absolute Gasteiger partial charge is 0.394 e. The zero-order valence-corrected chi connectivity index (χ0v) is 22.4. The van der Waals surface area contributed by atoms with Gasteiger partial charge in [0.25, 0.3) is 5.56 Å². The second-order valence-electron chi connectivity index (χ2n) is 9.40. The monoisotopic (exact) mass is 595 g/mol. The van der Waals surface area contributed by atoms with Crippen LogP contribution in [0.4, 0.5) is 11.8 Å². The van der Waals surface area contributed by atoms with E-state index in [1.165, 1.54) is 17.2 Å². The molecule has 0 amide bonds. The Hall–Kier alpha value is -3.06. The normalized spacial score (nSPS) is 28.5. The van der Waals surface area contributed by atoms with E-state index >= 15 is 0 Å². The number of imidazole rings is 1. The third-order valence-electron chi connectivity index (χ3n) is 6.80. The van der Waals surface area contributed by atoms with Crippen LogP contribution in [0.2, 0.25) is 0 Å². The number of nitrogen functional groups attached to an aromatic ring is 2. The van der Waals surface area contributed by atoms with E-state index in [4.69, 9.17) is 41.8 Å². The van der Waals surface area contributed by atoms with Gasteiger partial charge in [-0.2, -0.15) is 4.98 Å². The van der Waals surface area contributed by atoms with Crippen molar-refractivity contribution in [1.29, 1.82) is 0 Å². The Morgan fingerprint density at radius 3 is 2.83 bits per heavy atom. The van der Waals surface area contributed by atoms with Gasteiger partial charge < -0.3 is 49.7 Å². The second kappa shape index (κ2) is 10.4. The molecular weight excluding hydrogens is 569 g/mol. The topological polar surface area (TPSA) is 244 Å². The van der Waals surface area contributed by atoms with Crippen LogP contribution in [0.15, 0.2) is 29.7 Å². The fraction of sp³-hybridized carbons (Fsp3) is 0.476. The third-order valence-corrected chi connectivity index (χ3v) is 8.39. The van der Waals surface area contributed by atoms with Crippen LogP contribution in [0.25, 0.3) is 22.2 Å². The summed E-state index contributed by atoms with van der Waals surface area (Å²) in [5, 5.41) is 21.0. The van der Waals surface area contributed by atoms with Gasteiger partial charge in [0.2, 0.25) is 5.95 Å². The Balaban J connectivity index is 1.15. The Morgan fingerprint density at radius 1 is 1.20 bits per heavy atom. The molecule has 0 saturated carbocycles. The predicted molar refractivity (Wildman–Crippen MR) is 142 cm³/mol. The van der Waals surface area contributed by atoms with E-state index in [2.05, 4.69) is 24.9 Å². The van der Waals surface area contributed by atoms with Crippen molar-refractivity contribution in [3.05, 3.63) is 35.3 Å². The van der Waals surface area contributed by atoms with E-state index in [1.54, 1.807) is 16.8 Å². The first-order valence-electron chi connectivity index (χ1n) is 12.2. The molecule has 0 aromatic carbocycles. The molecule has 40 heavy (non-hydrogen) atoms. The Labute approximate surface area is 229 Å². The molecule has 8 N–H and O–H groups in total. The van der Waals surface area contributed by atoms with Gasteiger partial charge in [-0.25, -0.2) is 15.0 Å². The van der Waals surface area contributed by atoms with Crippen LogP contribution in [0, 0.1) is 0 Å². The summed E-state index contributed by atoms with van der Waals surface area (Å²) in [5.74, 6) is 0.203. The van der Waals surface area contributed by atoms with Crippen molar-refractivity contribution in [2.75, 3.05) is 24.7 Å².